The summed E-state index contributed by atoms with van der Waals surface area (Å²) in [6, 6.07) is 23.7. The number of carbonyl (C=O) groups excluding carboxylic acids is 1. The van der Waals surface area contributed by atoms with Crippen molar-refractivity contribution >= 4 is 17.3 Å². The average Bonchev–Trinajstić information content (AvgIpc) is 3.01. The summed E-state index contributed by atoms with van der Waals surface area (Å²) in [5.74, 6) is 0.907. The maximum Gasteiger partial charge on any atom is 0.311 e. The van der Waals surface area contributed by atoms with Crippen molar-refractivity contribution in [3.8, 4) is 22.6 Å². The highest BCUT2D eigenvalue weighted by Gasteiger charge is 2.26. The topological polar surface area (TPSA) is 88.4 Å². The van der Waals surface area contributed by atoms with Gasteiger partial charge in [-0.3, -0.25) is 19.8 Å². The van der Waals surface area contributed by atoms with Crippen LogP contribution in [-0.2, 0) is 4.79 Å². The molecule has 0 unspecified atom stereocenters. The molecule has 0 saturated carbocycles. The molecule has 2 saturated heterocycles. The highest BCUT2D eigenvalue weighted by molar-refractivity contribution is 5.76. The van der Waals surface area contributed by atoms with E-state index < -0.39 is 4.92 Å². The van der Waals surface area contributed by atoms with Crippen LogP contribution in [0.25, 0.3) is 11.1 Å². The van der Waals surface area contributed by atoms with Gasteiger partial charge in [0.1, 0.15) is 11.9 Å². The molecule has 2 aliphatic heterocycles. The third-order valence-electron chi connectivity index (χ3n) is 7.80. The molecular formula is C31H36N4O5. The summed E-state index contributed by atoms with van der Waals surface area (Å²) in [6.45, 7) is 5.88. The molecule has 0 aliphatic carbocycles. The van der Waals surface area contributed by atoms with Crippen molar-refractivity contribution in [3.63, 3.8) is 0 Å². The van der Waals surface area contributed by atoms with Gasteiger partial charge >= 0.3 is 5.69 Å². The first kappa shape index (κ1) is 27.5. The van der Waals surface area contributed by atoms with Crippen LogP contribution in [0.2, 0.25) is 0 Å². The predicted molar refractivity (Wildman–Crippen MR) is 155 cm³/mol. The first-order valence-electron chi connectivity index (χ1n) is 13.9. The van der Waals surface area contributed by atoms with Gasteiger partial charge in [0.15, 0.2) is 0 Å². The zero-order chi connectivity index (χ0) is 27.9. The molecule has 0 spiro atoms. The monoisotopic (exact) mass is 544 g/mol. The van der Waals surface area contributed by atoms with Gasteiger partial charge in [-0.15, -0.1) is 0 Å². The Labute approximate surface area is 235 Å². The van der Waals surface area contributed by atoms with Crippen LogP contribution >= 0.6 is 0 Å². The second kappa shape index (κ2) is 12.8. The molecule has 40 heavy (non-hydrogen) atoms. The molecule has 2 fully saturated rings. The highest BCUT2D eigenvalue weighted by atomic mass is 16.6. The standard InChI is InChI=1S/C31H36N4O5/c1-39-30-23-28(11-12-29(30)35(37)38)40-27-13-17-34(18-14-27)31(36)15-16-32-19-21-33(22-20-32)26-9-7-25(8-10-26)24-5-3-2-4-6-24/h2-12,23,27H,13-22H2,1H3. The van der Waals surface area contributed by atoms with Crippen LogP contribution in [0.1, 0.15) is 19.3 Å². The fraction of sp³-hybridized carbons (Fsp3) is 0.387. The van der Waals surface area contributed by atoms with Crippen LogP contribution in [0.5, 0.6) is 11.5 Å². The van der Waals surface area contributed by atoms with Gasteiger partial charge in [-0.1, -0.05) is 42.5 Å². The summed E-state index contributed by atoms with van der Waals surface area (Å²) >= 11 is 0. The number of rotatable bonds is 9. The van der Waals surface area contributed by atoms with E-state index in [0.717, 1.165) is 45.6 Å². The molecular weight excluding hydrogens is 508 g/mol. The number of amides is 1. The summed E-state index contributed by atoms with van der Waals surface area (Å²) < 4.78 is 11.2. The van der Waals surface area contributed by atoms with Gasteiger partial charge in [-0.2, -0.15) is 0 Å². The Morgan fingerprint density at radius 3 is 2.23 bits per heavy atom. The average molecular weight is 545 g/mol. The predicted octanol–water partition coefficient (Wildman–Crippen LogP) is 4.85. The van der Waals surface area contributed by atoms with Crippen LogP contribution in [0, 0.1) is 10.1 Å². The van der Waals surface area contributed by atoms with Crippen molar-refractivity contribution in [1.82, 2.24) is 9.80 Å². The lowest BCUT2D eigenvalue weighted by atomic mass is 10.1. The van der Waals surface area contributed by atoms with E-state index in [9.17, 15) is 14.9 Å². The number of piperidine rings is 1. The van der Waals surface area contributed by atoms with Crippen LogP contribution in [0.4, 0.5) is 11.4 Å². The number of likely N-dealkylation sites (tertiary alicyclic amines) is 1. The first-order valence-corrected chi connectivity index (χ1v) is 13.9. The lowest BCUT2D eigenvalue weighted by Gasteiger charge is -2.37. The van der Waals surface area contributed by atoms with Gasteiger partial charge in [0, 0.05) is 82.9 Å². The van der Waals surface area contributed by atoms with E-state index in [1.807, 2.05) is 11.0 Å². The Morgan fingerprint density at radius 1 is 0.900 bits per heavy atom. The van der Waals surface area contributed by atoms with Crippen molar-refractivity contribution in [2.45, 2.75) is 25.4 Å². The Kier molecular flexibility index (Phi) is 8.81. The third kappa shape index (κ3) is 6.71. The Hall–Kier alpha value is -4.11. The number of methoxy groups -OCH3 is 1. The molecule has 3 aromatic carbocycles. The van der Waals surface area contributed by atoms with Gasteiger partial charge in [-0.25, -0.2) is 0 Å². The molecule has 9 heteroatoms. The molecule has 0 aromatic heterocycles. The minimum atomic E-state index is -0.475. The minimum Gasteiger partial charge on any atom is -0.490 e. The van der Waals surface area contributed by atoms with E-state index in [-0.39, 0.29) is 23.4 Å². The van der Waals surface area contributed by atoms with Crippen molar-refractivity contribution in [1.29, 1.82) is 0 Å². The summed E-state index contributed by atoms with van der Waals surface area (Å²) in [7, 11) is 1.40. The van der Waals surface area contributed by atoms with Crippen LogP contribution < -0.4 is 14.4 Å². The number of nitro benzene ring substituents is 1. The van der Waals surface area contributed by atoms with E-state index in [1.165, 1.54) is 30.0 Å². The molecule has 5 rings (SSSR count). The first-order chi connectivity index (χ1) is 19.5. The second-order valence-electron chi connectivity index (χ2n) is 10.3. The summed E-state index contributed by atoms with van der Waals surface area (Å²) in [6.07, 6.45) is 1.95. The van der Waals surface area contributed by atoms with Gasteiger partial charge in [0.2, 0.25) is 11.7 Å². The van der Waals surface area contributed by atoms with Gasteiger partial charge < -0.3 is 19.3 Å². The van der Waals surface area contributed by atoms with Crippen LogP contribution in [0.15, 0.2) is 72.8 Å². The quantitative estimate of drug-likeness (QED) is 0.281. The fourth-order valence-electron chi connectivity index (χ4n) is 5.43. The second-order valence-corrected chi connectivity index (χ2v) is 10.3. The smallest absolute Gasteiger partial charge is 0.311 e. The van der Waals surface area contributed by atoms with Crippen LogP contribution in [-0.4, -0.2) is 79.7 Å². The molecule has 0 N–H and O–H groups in total. The maximum atomic E-state index is 12.9. The number of hydrogen-bond donors (Lipinski definition) is 0. The van der Waals surface area contributed by atoms with E-state index in [2.05, 4.69) is 58.3 Å². The van der Waals surface area contributed by atoms with Gasteiger partial charge in [-0.05, 0) is 29.3 Å². The number of piperazine rings is 1. The molecule has 3 aromatic rings. The number of hydrogen-bond acceptors (Lipinski definition) is 7. The number of ether oxygens (including phenoxy) is 2. The molecule has 0 atom stereocenters. The highest BCUT2D eigenvalue weighted by Crippen LogP contribution is 2.32. The summed E-state index contributed by atoms with van der Waals surface area (Å²) in [5.41, 5.74) is 3.61. The van der Waals surface area contributed by atoms with Crippen molar-refractivity contribution in [2.24, 2.45) is 0 Å². The number of carbonyl (C=O) groups is 1. The summed E-state index contributed by atoms with van der Waals surface area (Å²) in [5, 5.41) is 11.1. The van der Waals surface area contributed by atoms with Crippen molar-refractivity contribution in [3.05, 3.63) is 82.9 Å². The molecule has 2 aliphatic rings. The van der Waals surface area contributed by atoms with E-state index in [1.54, 1.807) is 12.1 Å². The molecule has 1 amide bonds. The van der Waals surface area contributed by atoms with Crippen molar-refractivity contribution < 1.29 is 19.2 Å². The SMILES string of the molecule is COc1cc(OC2CCN(C(=O)CCN3CCN(c4ccc(-c5ccccc5)cc4)CC3)CC2)ccc1[N+](=O)[O-]. The molecule has 210 valence electrons. The lowest BCUT2D eigenvalue weighted by molar-refractivity contribution is -0.385. The Balaban J connectivity index is 1.02. The zero-order valence-corrected chi connectivity index (χ0v) is 22.9. The van der Waals surface area contributed by atoms with E-state index >= 15 is 0 Å². The van der Waals surface area contributed by atoms with E-state index in [4.69, 9.17) is 9.47 Å². The number of nitro groups is 1. The largest absolute Gasteiger partial charge is 0.490 e. The summed E-state index contributed by atoms with van der Waals surface area (Å²) in [4.78, 5) is 30.2. The number of benzene rings is 3. The molecule has 2 heterocycles. The maximum absolute atomic E-state index is 12.9. The van der Waals surface area contributed by atoms with E-state index in [0.29, 0.717) is 25.3 Å². The fourth-order valence-corrected chi connectivity index (χ4v) is 5.43. The van der Waals surface area contributed by atoms with Gasteiger partial charge in [0.05, 0.1) is 12.0 Å². The number of nitrogens with zero attached hydrogens (tertiary/aromatic N) is 4. The minimum absolute atomic E-state index is 0.0370. The normalized spacial score (nSPS) is 16.5. The number of anilines is 1. The van der Waals surface area contributed by atoms with Crippen molar-refractivity contribution in [2.75, 3.05) is 57.8 Å². The molecule has 0 bridgehead atoms. The third-order valence-corrected chi connectivity index (χ3v) is 7.80. The Bertz CT molecular complexity index is 1280. The van der Waals surface area contributed by atoms with Crippen LogP contribution in [0.3, 0.4) is 0 Å². The molecule has 9 nitrogen and oxygen atoms in total. The zero-order valence-electron chi connectivity index (χ0n) is 22.9. The molecule has 0 radical (unpaired) electrons. The lowest BCUT2D eigenvalue weighted by Crippen LogP contribution is -2.48. The van der Waals surface area contributed by atoms with Gasteiger partial charge in [0.25, 0.3) is 0 Å². The Morgan fingerprint density at radius 2 is 1.57 bits per heavy atom.